The molecule has 0 atom stereocenters. The molecule has 0 saturated carbocycles. The van der Waals surface area contributed by atoms with Crippen molar-refractivity contribution in [3.8, 4) is 0 Å². The lowest BCUT2D eigenvalue weighted by molar-refractivity contribution is -0.139. The number of hydrogen-bond donors (Lipinski definition) is 1. The monoisotopic (exact) mass is 302 g/mol. The lowest BCUT2D eigenvalue weighted by Gasteiger charge is -2.13. The molecule has 1 N–H and O–H groups in total. The van der Waals surface area contributed by atoms with Gasteiger partial charge in [0.2, 0.25) is 0 Å². The van der Waals surface area contributed by atoms with Crippen LogP contribution in [0.15, 0.2) is 34.6 Å². The Balaban J connectivity index is 2.39. The van der Waals surface area contributed by atoms with Crippen molar-refractivity contribution in [3.05, 3.63) is 35.7 Å². The Morgan fingerprint density at radius 1 is 1.35 bits per heavy atom. The first-order valence-corrected chi connectivity index (χ1v) is 6.60. The summed E-state index contributed by atoms with van der Waals surface area (Å²) in [4.78, 5) is 4.05. The second kappa shape index (κ2) is 5.84. The lowest BCUT2D eigenvalue weighted by atomic mass is 10.1. The van der Waals surface area contributed by atoms with Gasteiger partial charge in [0, 0.05) is 18.5 Å². The van der Waals surface area contributed by atoms with Crippen LogP contribution in [-0.2, 0) is 19.8 Å². The van der Waals surface area contributed by atoms with E-state index in [2.05, 4.69) is 15.4 Å². The van der Waals surface area contributed by atoms with Crippen LogP contribution in [0.2, 0.25) is 0 Å². The summed E-state index contributed by atoms with van der Waals surface area (Å²) in [6.07, 6.45) is -3.09. The Labute approximate surface area is 118 Å². The fourth-order valence-electron chi connectivity index (χ4n) is 1.68. The molecule has 8 heteroatoms. The molecule has 1 aromatic heterocycles. The molecular weight excluding hydrogens is 289 g/mol. The second-order valence-electron chi connectivity index (χ2n) is 4.13. The lowest BCUT2D eigenvalue weighted by Crippen LogP contribution is -2.11. The average Bonchev–Trinajstić information content (AvgIpc) is 2.76. The van der Waals surface area contributed by atoms with Crippen molar-refractivity contribution in [2.45, 2.75) is 22.8 Å². The van der Waals surface area contributed by atoms with Crippen LogP contribution in [0.25, 0.3) is 0 Å². The molecule has 0 aliphatic carbocycles. The highest BCUT2D eigenvalue weighted by molar-refractivity contribution is 7.99. The number of alkyl halides is 3. The molecule has 0 bridgehead atoms. The number of hydrogen-bond acceptors (Lipinski definition) is 4. The summed E-state index contributed by atoms with van der Waals surface area (Å²) in [6.45, 7) is 0.387. The minimum absolute atomic E-state index is 0.119. The number of nitrogens with one attached hydrogen (secondary N) is 1. The summed E-state index contributed by atoms with van der Waals surface area (Å²) in [6, 6.07) is 4.30. The van der Waals surface area contributed by atoms with Crippen LogP contribution in [0.5, 0.6) is 0 Å². The van der Waals surface area contributed by atoms with Gasteiger partial charge >= 0.3 is 6.18 Å². The van der Waals surface area contributed by atoms with Gasteiger partial charge in [-0.15, -0.1) is 0 Å². The zero-order valence-electron chi connectivity index (χ0n) is 10.9. The van der Waals surface area contributed by atoms with Crippen LogP contribution in [0.3, 0.4) is 0 Å². The fraction of sp³-hybridized carbons (Fsp3) is 0.333. The minimum Gasteiger partial charge on any atom is -0.316 e. The standard InChI is InChI=1S/C12H13F3N4S/c1-16-6-8-3-4-10(9(5-8)12(13,14)15)20-11-17-7-18-19(11)2/h3-5,7,16H,6H2,1-2H3. The maximum absolute atomic E-state index is 13.1. The van der Waals surface area contributed by atoms with Crippen molar-refractivity contribution in [1.29, 1.82) is 0 Å². The molecule has 2 aromatic rings. The van der Waals surface area contributed by atoms with E-state index in [0.717, 1.165) is 17.8 Å². The summed E-state index contributed by atoms with van der Waals surface area (Å²) in [5, 5.41) is 7.10. The number of halogens is 3. The van der Waals surface area contributed by atoms with Crippen molar-refractivity contribution in [3.63, 3.8) is 0 Å². The first kappa shape index (κ1) is 14.9. The number of benzene rings is 1. The predicted octanol–water partition coefficient (Wildman–Crippen LogP) is 2.70. The van der Waals surface area contributed by atoms with Gasteiger partial charge in [-0.3, -0.25) is 0 Å². The third-order valence-electron chi connectivity index (χ3n) is 2.60. The highest BCUT2D eigenvalue weighted by Crippen LogP contribution is 2.39. The van der Waals surface area contributed by atoms with Gasteiger partial charge in [0.15, 0.2) is 5.16 Å². The maximum atomic E-state index is 13.1. The highest BCUT2D eigenvalue weighted by Gasteiger charge is 2.34. The zero-order valence-corrected chi connectivity index (χ0v) is 11.7. The third-order valence-corrected chi connectivity index (χ3v) is 3.73. The van der Waals surface area contributed by atoms with Crippen LogP contribution in [0.4, 0.5) is 13.2 Å². The van der Waals surface area contributed by atoms with Gasteiger partial charge in [-0.1, -0.05) is 6.07 Å². The highest BCUT2D eigenvalue weighted by atomic mass is 32.2. The van der Waals surface area contributed by atoms with Gasteiger partial charge in [0.25, 0.3) is 0 Å². The van der Waals surface area contributed by atoms with E-state index < -0.39 is 11.7 Å². The predicted molar refractivity (Wildman–Crippen MR) is 69.3 cm³/mol. The molecule has 0 fully saturated rings. The molecule has 2 rings (SSSR count). The summed E-state index contributed by atoms with van der Waals surface area (Å²) in [5.41, 5.74) is -0.0691. The molecule has 1 heterocycles. The maximum Gasteiger partial charge on any atom is 0.417 e. The van der Waals surface area contributed by atoms with Crippen LogP contribution >= 0.6 is 11.8 Å². The molecule has 1 aromatic carbocycles. The Bertz CT molecular complexity index is 595. The van der Waals surface area contributed by atoms with E-state index in [0.29, 0.717) is 17.3 Å². The largest absolute Gasteiger partial charge is 0.417 e. The number of nitrogens with zero attached hydrogens (tertiary/aromatic N) is 3. The van der Waals surface area contributed by atoms with Gasteiger partial charge in [0.05, 0.1) is 5.56 Å². The quantitative estimate of drug-likeness (QED) is 0.943. The van der Waals surface area contributed by atoms with Gasteiger partial charge in [0.1, 0.15) is 6.33 Å². The van der Waals surface area contributed by atoms with Gasteiger partial charge < -0.3 is 5.32 Å². The molecule has 0 amide bonds. The first-order chi connectivity index (χ1) is 9.41. The van der Waals surface area contributed by atoms with Gasteiger partial charge in [-0.05, 0) is 36.5 Å². The normalized spacial score (nSPS) is 11.8. The minimum atomic E-state index is -4.40. The van der Waals surface area contributed by atoms with E-state index in [4.69, 9.17) is 0 Å². The molecule has 0 spiro atoms. The molecular formula is C12H13F3N4S. The van der Waals surface area contributed by atoms with Crippen molar-refractivity contribution < 1.29 is 13.2 Å². The average molecular weight is 302 g/mol. The summed E-state index contributed by atoms with van der Waals surface area (Å²) < 4.78 is 40.8. The zero-order chi connectivity index (χ0) is 14.8. The van der Waals surface area contributed by atoms with E-state index in [1.807, 2.05) is 0 Å². The Hall–Kier alpha value is -1.54. The molecule has 4 nitrogen and oxygen atoms in total. The Kier molecular flexibility index (Phi) is 4.34. The van der Waals surface area contributed by atoms with E-state index in [1.54, 1.807) is 20.2 Å². The van der Waals surface area contributed by atoms with Gasteiger partial charge in [-0.25, -0.2) is 9.67 Å². The molecule has 0 saturated heterocycles. The Morgan fingerprint density at radius 3 is 2.65 bits per heavy atom. The van der Waals surface area contributed by atoms with Crippen LogP contribution in [0, 0.1) is 0 Å². The summed E-state index contributed by atoms with van der Waals surface area (Å²) >= 11 is 0.950. The topological polar surface area (TPSA) is 42.7 Å². The molecule has 0 radical (unpaired) electrons. The van der Waals surface area contributed by atoms with E-state index >= 15 is 0 Å². The van der Waals surface area contributed by atoms with Crippen molar-refractivity contribution in [2.75, 3.05) is 7.05 Å². The van der Waals surface area contributed by atoms with Crippen molar-refractivity contribution >= 4 is 11.8 Å². The molecule has 0 aliphatic heterocycles. The van der Waals surface area contributed by atoms with E-state index in [9.17, 15) is 13.2 Å². The SMILES string of the molecule is CNCc1ccc(Sc2ncnn2C)c(C(F)(F)F)c1. The van der Waals surface area contributed by atoms with Crippen LogP contribution in [0.1, 0.15) is 11.1 Å². The summed E-state index contributed by atoms with van der Waals surface area (Å²) in [5.74, 6) is 0. The smallest absolute Gasteiger partial charge is 0.316 e. The van der Waals surface area contributed by atoms with Crippen molar-refractivity contribution in [2.24, 2.45) is 7.05 Å². The summed E-state index contributed by atoms with van der Waals surface area (Å²) in [7, 11) is 3.33. The second-order valence-corrected chi connectivity index (χ2v) is 5.14. The van der Waals surface area contributed by atoms with Crippen LogP contribution in [-0.4, -0.2) is 21.8 Å². The van der Waals surface area contributed by atoms with Crippen molar-refractivity contribution in [1.82, 2.24) is 20.1 Å². The third kappa shape index (κ3) is 3.31. The first-order valence-electron chi connectivity index (χ1n) is 5.78. The molecule has 20 heavy (non-hydrogen) atoms. The van der Waals surface area contributed by atoms with Gasteiger partial charge in [-0.2, -0.15) is 18.3 Å². The molecule has 0 aliphatic rings. The number of rotatable bonds is 4. The molecule has 0 unspecified atom stereocenters. The Morgan fingerprint density at radius 2 is 2.10 bits per heavy atom. The van der Waals surface area contributed by atoms with Crippen LogP contribution < -0.4 is 5.32 Å². The molecule has 108 valence electrons. The number of aromatic nitrogens is 3. The van der Waals surface area contributed by atoms with E-state index in [-0.39, 0.29) is 4.90 Å². The fourth-order valence-corrected chi connectivity index (χ4v) is 2.57. The van der Waals surface area contributed by atoms with E-state index in [1.165, 1.54) is 17.1 Å². The number of aryl methyl sites for hydroxylation is 1.